The van der Waals surface area contributed by atoms with E-state index in [4.69, 9.17) is 9.60 Å². The molecule has 130 valence electrons. The topological polar surface area (TPSA) is 22.0 Å². The van der Waals surface area contributed by atoms with Crippen LogP contribution in [0, 0.1) is 0 Å². The first-order valence-corrected chi connectivity index (χ1v) is 8.83. The van der Waals surface area contributed by atoms with Crippen molar-refractivity contribution in [3.63, 3.8) is 0 Å². The van der Waals surface area contributed by atoms with Gasteiger partial charge in [-0.2, -0.15) is 0 Å². The summed E-state index contributed by atoms with van der Waals surface area (Å²) in [5.74, 6) is -0.589. The van der Waals surface area contributed by atoms with Crippen LogP contribution in [0.4, 0.5) is 0 Å². The Labute approximate surface area is 163 Å². The number of aryl methyl sites for hydroxylation is 1. The first-order chi connectivity index (χ1) is 15.7. The lowest BCUT2D eigenvalue weighted by Gasteiger charge is -2.05. The standard InChI is InChI=1S/C24H23NO/c1-2-3-8-16-25-17-22(20-13-6-7-15-23(20)25)24(26)21-14-9-11-18-10-4-5-12-19(18)21/h4-7,9-15,17H,2-3,8,16H2,1H3/i4D,5D,9D,10D,11D,12D,14D. The molecule has 2 nitrogen and oxygen atoms in total. The molecule has 0 saturated carbocycles. The molecule has 0 spiro atoms. The van der Waals surface area contributed by atoms with Gasteiger partial charge in [-0.1, -0.05) is 80.3 Å². The molecule has 26 heavy (non-hydrogen) atoms. The Morgan fingerprint density at radius 3 is 2.65 bits per heavy atom. The van der Waals surface area contributed by atoms with Gasteiger partial charge in [0.25, 0.3) is 0 Å². The Balaban J connectivity index is 2.03. The summed E-state index contributed by atoms with van der Waals surface area (Å²) in [6, 6.07) is 3.82. The number of rotatable bonds is 6. The van der Waals surface area contributed by atoms with E-state index in [1.807, 2.05) is 22.8 Å². The van der Waals surface area contributed by atoms with Crippen molar-refractivity contribution in [2.45, 2.75) is 32.7 Å². The van der Waals surface area contributed by atoms with Crippen molar-refractivity contribution in [3.8, 4) is 0 Å². The number of hydrogen-bond donors (Lipinski definition) is 0. The minimum absolute atomic E-state index is 0.181. The van der Waals surface area contributed by atoms with Crippen LogP contribution in [0.25, 0.3) is 21.7 Å². The average Bonchev–Trinajstić information content (AvgIpc) is 3.18. The zero-order valence-corrected chi connectivity index (χ0v) is 14.6. The fourth-order valence-electron chi connectivity index (χ4n) is 3.26. The zero-order valence-electron chi connectivity index (χ0n) is 21.6. The van der Waals surface area contributed by atoms with Crippen LogP contribution in [0.1, 0.15) is 51.7 Å². The summed E-state index contributed by atoms with van der Waals surface area (Å²) >= 11 is 0. The minimum Gasteiger partial charge on any atom is -0.347 e. The minimum atomic E-state index is -0.589. The second kappa shape index (κ2) is 7.17. The summed E-state index contributed by atoms with van der Waals surface area (Å²) in [5, 5.41) is 0.283. The van der Waals surface area contributed by atoms with Crippen molar-refractivity contribution in [2.75, 3.05) is 0 Å². The zero-order chi connectivity index (χ0) is 24.0. The normalized spacial score (nSPS) is 15.0. The lowest BCUT2D eigenvalue weighted by Crippen LogP contribution is -2.02. The number of aromatic nitrogens is 1. The smallest absolute Gasteiger partial charge is 0.195 e. The van der Waals surface area contributed by atoms with Crippen LogP contribution in [0.2, 0.25) is 0 Å². The lowest BCUT2D eigenvalue weighted by molar-refractivity contribution is 0.104. The Hall–Kier alpha value is -2.87. The summed E-state index contributed by atoms with van der Waals surface area (Å²) in [6.45, 7) is 2.82. The molecule has 0 fully saturated rings. The van der Waals surface area contributed by atoms with E-state index in [0.29, 0.717) is 17.5 Å². The maximum atomic E-state index is 13.8. The van der Waals surface area contributed by atoms with E-state index >= 15 is 0 Å². The lowest BCUT2D eigenvalue weighted by atomic mass is 9.97. The number of benzene rings is 3. The van der Waals surface area contributed by atoms with Gasteiger partial charge < -0.3 is 4.57 Å². The van der Waals surface area contributed by atoms with E-state index in [1.165, 1.54) is 0 Å². The number of ketones is 1. The molecule has 0 saturated heterocycles. The molecule has 0 aliphatic heterocycles. The summed E-state index contributed by atoms with van der Waals surface area (Å²) < 4.78 is 59.5. The largest absolute Gasteiger partial charge is 0.347 e. The fraction of sp³-hybridized carbons (Fsp3) is 0.208. The van der Waals surface area contributed by atoms with Crippen molar-refractivity contribution in [1.29, 1.82) is 0 Å². The maximum absolute atomic E-state index is 13.8. The van der Waals surface area contributed by atoms with Gasteiger partial charge in [-0.15, -0.1) is 0 Å². The molecule has 0 bridgehead atoms. The number of nitrogens with zero attached hydrogens (tertiary/aromatic N) is 1. The van der Waals surface area contributed by atoms with Gasteiger partial charge in [0.15, 0.2) is 5.78 Å². The van der Waals surface area contributed by atoms with Crippen LogP contribution in [-0.2, 0) is 6.54 Å². The molecule has 0 radical (unpaired) electrons. The Kier molecular flexibility index (Phi) is 2.84. The summed E-state index contributed by atoms with van der Waals surface area (Å²) in [4.78, 5) is 13.8. The van der Waals surface area contributed by atoms with Crippen LogP contribution >= 0.6 is 0 Å². The van der Waals surface area contributed by atoms with Gasteiger partial charge in [-0.3, -0.25) is 4.79 Å². The third-order valence-electron chi connectivity index (χ3n) is 4.58. The predicted octanol–water partition coefficient (Wildman–Crippen LogP) is 6.22. The predicted molar refractivity (Wildman–Crippen MR) is 109 cm³/mol. The Morgan fingerprint density at radius 2 is 1.77 bits per heavy atom. The van der Waals surface area contributed by atoms with Crippen LogP contribution in [-0.4, -0.2) is 10.4 Å². The third-order valence-corrected chi connectivity index (χ3v) is 4.58. The van der Waals surface area contributed by atoms with Gasteiger partial charge in [0.05, 0.1) is 9.60 Å². The molecular formula is C24H23NO. The van der Waals surface area contributed by atoms with E-state index in [2.05, 4.69) is 6.92 Å². The number of unbranched alkanes of at least 4 members (excludes halogenated alkanes) is 2. The van der Waals surface area contributed by atoms with Gasteiger partial charge in [0.1, 0.15) is 0 Å². The van der Waals surface area contributed by atoms with Crippen LogP contribution < -0.4 is 0 Å². The molecule has 4 rings (SSSR count). The van der Waals surface area contributed by atoms with Gasteiger partial charge in [0, 0.05) is 34.8 Å². The molecule has 1 heterocycles. The van der Waals surface area contributed by atoms with Crippen molar-refractivity contribution < 1.29 is 14.4 Å². The number of para-hydroxylation sites is 1. The second-order valence-corrected chi connectivity index (χ2v) is 6.29. The molecule has 0 aliphatic carbocycles. The van der Waals surface area contributed by atoms with E-state index < -0.39 is 48.1 Å². The van der Waals surface area contributed by atoms with E-state index in [-0.39, 0.29) is 16.3 Å². The number of fused-ring (bicyclic) bond motifs is 2. The average molecular weight is 348 g/mol. The van der Waals surface area contributed by atoms with Crippen LogP contribution in [0.5, 0.6) is 0 Å². The molecule has 4 aromatic rings. The number of hydrogen-bond acceptors (Lipinski definition) is 1. The van der Waals surface area contributed by atoms with Gasteiger partial charge in [0.2, 0.25) is 0 Å². The highest BCUT2D eigenvalue weighted by Crippen LogP contribution is 2.27. The van der Waals surface area contributed by atoms with Crippen LogP contribution in [0.15, 0.2) is 72.8 Å². The molecule has 0 aliphatic rings. The molecule has 0 N–H and O–H groups in total. The monoisotopic (exact) mass is 348 g/mol. The maximum Gasteiger partial charge on any atom is 0.195 e. The molecule has 0 unspecified atom stereocenters. The molecular weight excluding hydrogens is 318 g/mol. The summed E-state index contributed by atoms with van der Waals surface area (Å²) in [7, 11) is 0. The molecule has 3 aromatic carbocycles. The van der Waals surface area contributed by atoms with E-state index in [9.17, 15) is 4.79 Å². The molecule has 0 atom stereocenters. The van der Waals surface area contributed by atoms with Crippen molar-refractivity contribution in [3.05, 3.63) is 83.9 Å². The third kappa shape index (κ3) is 2.92. The van der Waals surface area contributed by atoms with Crippen LogP contribution in [0.3, 0.4) is 0 Å². The first kappa shape index (κ1) is 10.3. The molecule has 1 aromatic heterocycles. The highest BCUT2D eigenvalue weighted by atomic mass is 16.1. The highest BCUT2D eigenvalue weighted by molar-refractivity contribution is 6.21. The van der Waals surface area contributed by atoms with E-state index in [0.717, 1.165) is 24.8 Å². The van der Waals surface area contributed by atoms with Gasteiger partial charge in [-0.25, -0.2) is 0 Å². The Bertz CT molecular complexity index is 1420. The first-order valence-electron chi connectivity index (χ1n) is 12.3. The van der Waals surface area contributed by atoms with Crippen molar-refractivity contribution in [1.82, 2.24) is 4.57 Å². The second-order valence-electron chi connectivity index (χ2n) is 6.29. The fourth-order valence-corrected chi connectivity index (χ4v) is 3.26. The quantitative estimate of drug-likeness (QED) is 0.300. The SMILES string of the molecule is [2H]c1c([2H])c([2H])c2c(C(=O)c3cn(CCCCC)c4ccccc34)c([2H])c([2H])c([2H])c2c1[2H]. The Morgan fingerprint density at radius 1 is 0.962 bits per heavy atom. The number of carbonyl (C=O) groups excluding carboxylic acids is 1. The summed E-state index contributed by atoms with van der Waals surface area (Å²) in [6.07, 6.45) is 4.76. The van der Waals surface area contributed by atoms with Crippen molar-refractivity contribution >= 4 is 27.5 Å². The molecule has 0 amide bonds. The highest BCUT2D eigenvalue weighted by Gasteiger charge is 2.18. The summed E-state index contributed by atoms with van der Waals surface area (Å²) in [5.41, 5.74) is 0.897. The van der Waals surface area contributed by atoms with Crippen molar-refractivity contribution in [2.24, 2.45) is 0 Å². The molecule has 2 heteroatoms. The van der Waals surface area contributed by atoms with Gasteiger partial charge >= 0.3 is 0 Å². The van der Waals surface area contributed by atoms with E-state index in [1.54, 1.807) is 12.3 Å². The number of carbonyl (C=O) groups is 1. The van der Waals surface area contributed by atoms with Gasteiger partial charge in [-0.05, 0) is 23.3 Å².